The van der Waals surface area contributed by atoms with E-state index < -0.39 is 0 Å². The Balaban J connectivity index is 2.06. The molecule has 0 aliphatic rings. The minimum absolute atomic E-state index is 0.341. The molecule has 0 unspecified atom stereocenters. The van der Waals surface area contributed by atoms with Crippen LogP contribution in [0.2, 0.25) is 0 Å². The summed E-state index contributed by atoms with van der Waals surface area (Å²) in [5.41, 5.74) is 3.38. The standard InChI is InChI=1S/C12H17N7O/c1-2-20-7-12-17-10(5-11(18-12)19-13)15-6-9-3-4-14-8-16-9/h3-5,8H,2,6-7,13H2,1H3,(H2,15,17,18,19). The fourth-order valence-corrected chi connectivity index (χ4v) is 1.52. The van der Waals surface area contributed by atoms with E-state index in [1.807, 2.05) is 13.0 Å². The van der Waals surface area contributed by atoms with Crippen molar-refractivity contribution in [3.63, 3.8) is 0 Å². The van der Waals surface area contributed by atoms with Gasteiger partial charge < -0.3 is 15.5 Å². The van der Waals surface area contributed by atoms with Crippen LogP contribution in [0.1, 0.15) is 18.4 Å². The maximum Gasteiger partial charge on any atom is 0.158 e. The van der Waals surface area contributed by atoms with Gasteiger partial charge in [0.1, 0.15) is 24.6 Å². The zero-order chi connectivity index (χ0) is 14.2. The number of hydrazine groups is 1. The average molecular weight is 275 g/mol. The monoisotopic (exact) mass is 275 g/mol. The molecule has 2 rings (SSSR count). The van der Waals surface area contributed by atoms with Gasteiger partial charge in [0.2, 0.25) is 0 Å². The van der Waals surface area contributed by atoms with Crippen LogP contribution in [0, 0.1) is 0 Å². The molecule has 2 heterocycles. The molecule has 8 nitrogen and oxygen atoms in total. The van der Waals surface area contributed by atoms with Gasteiger partial charge in [-0.3, -0.25) is 0 Å². The number of anilines is 2. The van der Waals surface area contributed by atoms with Crippen LogP contribution in [-0.4, -0.2) is 26.5 Å². The van der Waals surface area contributed by atoms with Crippen molar-refractivity contribution in [1.29, 1.82) is 0 Å². The van der Waals surface area contributed by atoms with Crippen molar-refractivity contribution in [2.45, 2.75) is 20.1 Å². The van der Waals surface area contributed by atoms with Crippen LogP contribution >= 0.6 is 0 Å². The molecule has 106 valence electrons. The molecular weight excluding hydrogens is 258 g/mol. The van der Waals surface area contributed by atoms with Crippen LogP contribution in [0.25, 0.3) is 0 Å². The highest BCUT2D eigenvalue weighted by atomic mass is 16.5. The average Bonchev–Trinajstić information content (AvgIpc) is 2.51. The van der Waals surface area contributed by atoms with Crippen LogP contribution < -0.4 is 16.6 Å². The number of hydrogen-bond donors (Lipinski definition) is 3. The van der Waals surface area contributed by atoms with Crippen LogP contribution in [0.3, 0.4) is 0 Å². The third kappa shape index (κ3) is 4.11. The van der Waals surface area contributed by atoms with Gasteiger partial charge >= 0.3 is 0 Å². The molecule has 20 heavy (non-hydrogen) atoms. The summed E-state index contributed by atoms with van der Waals surface area (Å²) < 4.78 is 5.29. The summed E-state index contributed by atoms with van der Waals surface area (Å²) in [5, 5.41) is 3.16. The van der Waals surface area contributed by atoms with Gasteiger partial charge in [0.15, 0.2) is 5.82 Å². The summed E-state index contributed by atoms with van der Waals surface area (Å²) in [6.07, 6.45) is 3.20. The topological polar surface area (TPSA) is 111 Å². The van der Waals surface area contributed by atoms with E-state index in [2.05, 4.69) is 30.7 Å². The van der Waals surface area contributed by atoms with Crippen molar-refractivity contribution < 1.29 is 4.74 Å². The Bertz CT molecular complexity index is 535. The molecule has 0 saturated carbocycles. The molecule has 0 amide bonds. The predicted molar refractivity (Wildman–Crippen MR) is 74.5 cm³/mol. The lowest BCUT2D eigenvalue weighted by molar-refractivity contribution is 0.128. The van der Waals surface area contributed by atoms with E-state index in [1.54, 1.807) is 12.3 Å². The quantitative estimate of drug-likeness (QED) is 0.500. The smallest absolute Gasteiger partial charge is 0.158 e. The van der Waals surface area contributed by atoms with Crippen molar-refractivity contribution in [2.24, 2.45) is 5.84 Å². The van der Waals surface area contributed by atoms with Crippen molar-refractivity contribution in [3.05, 3.63) is 36.2 Å². The predicted octanol–water partition coefficient (Wildman–Crippen LogP) is 0.701. The van der Waals surface area contributed by atoms with Gasteiger partial charge in [-0.05, 0) is 13.0 Å². The molecule has 0 bridgehead atoms. The first-order chi connectivity index (χ1) is 9.81. The van der Waals surface area contributed by atoms with Crippen molar-refractivity contribution in [1.82, 2.24) is 19.9 Å². The summed E-state index contributed by atoms with van der Waals surface area (Å²) >= 11 is 0. The molecule has 0 aliphatic heterocycles. The minimum Gasteiger partial charge on any atom is -0.374 e. The Morgan fingerprint density at radius 2 is 2.15 bits per heavy atom. The van der Waals surface area contributed by atoms with Gasteiger partial charge in [0, 0.05) is 18.9 Å². The van der Waals surface area contributed by atoms with E-state index in [9.17, 15) is 0 Å². The maximum absolute atomic E-state index is 5.39. The fourth-order valence-electron chi connectivity index (χ4n) is 1.52. The fraction of sp³-hybridized carbons (Fsp3) is 0.333. The molecule has 0 aromatic carbocycles. The first-order valence-corrected chi connectivity index (χ1v) is 6.23. The normalized spacial score (nSPS) is 10.3. The second kappa shape index (κ2) is 7.31. The number of nitrogens with one attached hydrogen (secondary N) is 2. The third-order valence-corrected chi connectivity index (χ3v) is 2.45. The molecule has 0 saturated heterocycles. The van der Waals surface area contributed by atoms with Crippen LogP contribution in [0.15, 0.2) is 24.7 Å². The Morgan fingerprint density at radius 1 is 1.30 bits per heavy atom. The Hall–Kier alpha value is -2.32. The molecule has 0 spiro atoms. The van der Waals surface area contributed by atoms with E-state index in [4.69, 9.17) is 10.6 Å². The Morgan fingerprint density at radius 3 is 2.85 bits per heavy atom. The van der Waals surface area contributed by atoms with Gasteiger partial charge in [0.25, 0.3) is 0 Å². The number of aromatic nitrogens is 4. The maximum atomic E-state index is 5.39. The third-order valence-electron chi connectivity index (χ3n) is 2.45. The molecule has 0 fully saturated rings. The summed E-state index contributed by atoms with van der Waals surface area (Å²) in [6, 6.07) is 3.55. The summed E-state index contributed by atoms with van der Waals surface area (Å²) in [4.78, 5) is 16.5. The molecular formula is C12H17N7O. The number of nitrogens with zero attached hydrogens (tertiary/aromatic N) is 4. The molecule has 8 heteroatoms. The highest BCUT2D eigenvalue weighted by Crippen LogP contribution is 2.12. The van der Waals surface area contributed by atoms with Gasteiger partial charge in [-0.15, -0.1) is 0 Å². The molecule has 0 radical (unpaired) electrons. The largest absolute Gasteiger partial charge is 0.374 e. The molecule has 2 aromatic rings. The molecule has 0 atom stereocenters. The summed E-state index contributed by atoms with van der Waals surface area (Å²) in [7, 11) is 0. The van der Waals surface area contributed by atoms with Crippen molar-refractivity contribution in [2.75, 3.05) is 17.3 Å². The lowest BCUT2D eigenvalue weighted by Gasteiger charge is -2.09. The minimum atomic E-state index is 0.341. The van der Waals surface area contributed by atoms with Gasteiger partial charge in [-0.2, -0.15) is 0 Å². The van der Waals surface area contributed by atoms with Gasteiger partial charge in [-0.25, -0.2) is 25.8 Å². The summed E-state index contributed by atoms with van der Waals surface area (Å²) in [5.74, 6) is 7.14. The zero-order valence-electron chi connectivity index (χ0n) is 11.2. The van der Waals surface area contributed by atoms with E-state index in [0.717, 1.165) is 5.69 Å². The second-order valence-electron chi connectivity index (χ2n) is 3.89. The van der Waals surface area contributed by atoms with Gasteiger partial charge in [0.05, 0.1) is 12.2 Å². The first kappa shape index (κ1) is 14.1. The first-order valence-electron chi connectivity index (χ1n) is 6.23. The zero-order valence-corrected chi connectivity index (χ0v) is 11.2. The number of rotatable bonds is 7. The van der Waals surface area contributed by atoms with Crippen LogP contribution in [0.4, 0.5) is 11.6 Å². The number of nitrogens with two attached hydrogens (primary N) is 1. The van der Waals surface area contributed by atoms with Crippen LogP contribution in [-0.2, 0) is 17.9 Å². The second-order valence-corrected chi connectivity index (χ2v) is 3.89. The number of ether oxygens (including phenoxy) is 1. The van der Waals surface area contributed by atoms with Crippen molar-refractivity contribution in [3.8, 4) is 0 Å². The number of hydrogen-bond acceptors (Lipinski definition) is 8. The Kier molecular flexibility index (Phi) is 5.15. The van der Waals surface area contributed by atoms with E-state index in [1.165, 1.54) is 6.33 Å². The molecule has 4 N–H and O–H groups in total. The number of nitrogen functional groups attached to an aromatic ring is 1. The van der Waals surface area contributed by atoms with Crippen LogP contribution in [0.5, 0.6) is 0 Å². The van der Waals surface area contributed by atoms with E-state index >= 15 is 0 Å². The Labute approximate surface area is 116 Å². The lowest BCUT2D eigenvalue weighted by Crippen LogP contribution is -2.13. The van der Waals surface area contributed by atoms with E-state index in [-0.39, 0.29) is 0 Å². The lowest BCUT2D eigenvalue weighted by atomic mass is 10.4. The highest BCUT2D eigenvalue weighted by molar-refractivity contribution is 5.46. The SMILES string of the molecule is CCOCc1nc(NN)cc(NCc2ccncn2)n1. The van der Waals surface area contributed by atoms with Gasteiger partial charge in [-0.1, -0.05) is 0 Å². The van der Waals surface area contributed by atoms with Crippen molar-refractivity contribution >= 4 is 11.6 Å². The summed E-state index contributed by atoms with van der Waals surface area (Å²) in [6.45, 7) is 3.40. The molecule has 2 aromatic heterocycles. The molecule has 0 aliphatic carbocycles. The highest BCUT2D eigenvalue weighted by Gasteiger charge is 2.04. The van der Waals surface area contributed by atoms with E-state index in [0.29, 0.717) is 37.2 Å².